The van der Waals surface area contributed by atoms with Gasteiger partial charge >= 0.3 is 6.03 Å². The Hall–Kier alpha value is -2.36. The molecule has 0 radical (unpaired) electrons. The molecule has 1 heterocycles. The number of benzene rings is 1. The monoisotopic (exact) mass is 586 g/mol. The van der Waals surface area contributed by atoms with Crippen molar-refractivity contribution in [2.75, 3.05) is 45.2 Å². The Morgan fingerprint density at radius 1 is 1.07 bits per heavy atom. The molecule has 0 unspecified atom stereocenters. The summed E-state index contributed by atoms with van der Waals surface area (Å²) in [6.07, 6.45) is 10.7. The van der Waals surface area contributed by atoms with Gasteiger partial charge < -0.3 is 35.0 Å². The third kappa shape index (κ3) is 9.85. The molecule has 236 valence electrons. The summed E-state index contributed by atoms with van der Waals surface area (Å²) in [6, 6.07) is 4.83. The zero-order chi connectivity index (χ0) is 30.1. The number of hydrogen-bond acceptors (Lipinski definition) is 6. The summed E-state index contributed by atoms with van der Waals surface area (Å²) in [4.78, 5) is 31.2. The first-order chi connectivity index (χ1) is 20.2. The molecule has 1 aliphatic heterocycles. The number of anilines is 1. The molecular weight excluding hydrogens is 532 g/mol. The second-order valence-corrected chi connectivity index (χ2v) is 13.1. The maximum absolute atomic E-state index is 14.3. The molecule has 2 saturated carbocycles. The van der Waals surface area contributed by atoms with Crippen molar-refractivity contribution in [3.05, 3.63) is 23.8 Å². The second-order valence-electron chi connectivity index (χ2n) is 13.1. The zero-order valence-electron chi connectivity index (χ0n) is 26.3. The standard InChI is InChI=1S/C33H54N4O5/c1-23-19-37(24(2)22-38)32(39)29-18-28(35-33(40)34-27-11-6-5-7-12-27)15-16-30(29)42-25(3)10-8-9-17-41-31(23)21-36(4)20-26-13-14-26/h15-16,18,23-27,31,38H,5-14,17,19-22H2,1-4H3,(H2,34,35,40)/t23-,24+,25+,31-/m0/s1. The van der Waals surface area contributed by atoms with Gasteiger partial charge in [0.25, 0.3) is 5.91 Å². The van der Waals surface area contributed by atoms with Crippen LogP contribution in [0.15, 0.2) is 18.2 Å². The van der Waals surface area contributed by atoms with Crippen LogP contribution in [0.4, 0.5) is 10.5 Å². The first kappa shape index (κ1) is 32.6. The van der Waals surface area contributed by atoms with Crippen LogP contribution in [0.1, 0.15) is 95.3 Å². The van der Waals surface area contributed by atoms with E-state index in [1.165, 1.54) is 19.3 Å². The highest BCUT2D eigenvalue weighted by atomic mass is 16.5. The fourth-order valence-electron chi connectivity index (χ4n) is 6.19. The lowest BCUT2D eigenvalue weighted by atomic mass is 9.96. The molecule has 1 aromatic carbocycles. The van der Waals surface area contributed by atoms with Crippen LogP contribution in [0.2, 0.25) is 0 Å². The molecule has 9 nitrogen and oxygen atoms in total. The quantitative estimate of drug-likeness (QED) is 0.383. The van der Waals surface area contributed by atoms with E-state index in [9.17, 15) is 14.7 Å². The minimum absolute atomic E-state index is 0.0255. The number of aliphatic hydroxyl groups excluding tert-OH is 1. The summed E-state index contributed by atoms with van der Waals surface area (Å²) in [6.45, 7) is 8.89. The molecule has 3 amide bonds. The van der Waals surface area contributed by atoms with Crippen molar-refractivity contribution in [1.82, 2.24) is 15.1 Å². The molecule has 4 rings (SSSR count). The fraction of sp³-hybridized carbons (Fsp3) is 0.758. The topological polar surface area (TPSA) is 103 Å². The van der Waals surface area contributed by atoms with Crippen LogP contribution >= 0.6 is 0 Å². The molecule has 0 bridgehead atoms. The lowest BCUT2D eigenvalue weighted by Crippen LogP contribution is -2.47. The molecule has 42 heavy (non-hydrogen) atoms. The number of ether oxygens (including phenoxy) is 2. The number of nitrogens with one attached hydrogen (secondary N) is 2. The van der Waals surface area contributed by atoms with Gasteiger partial charge in [-0.1, -0.05) is 26.2 Å². The van der Waals surface area contributed by atoms with Crippen LogP contribution in [-0.4, -0.2) is 91.0 Å². The highest BCUT2D eigenvalue weighted by Crippen LogP contribution is 2.31. The zero-order valence-corrected chi connectivity index (χ0v) is 26.3. The summed E-state index contributed by atoms with van der Waals surface area (Å²) in [5, 5.41) is 16.2. The Bertz CT molecular complexity index is 1010. The summed E-state index contributed by atoms with van der Waals surface area (Å²) in [7, 11) is 2.16. The summed E-state index contributed by atoms with van der Waals surface area (Å²) >= 11 is 0. The summed E-state index contributed by atoms with van der Waals surface area (Å²) in [5.74, 6) is 1.13. The lowest BCUT2D eigenvalue weighted by Gasteiger charge is -2.36. The molecule has 9 heteroatoms. The fourth-order valence-corrected chi connectivity index (χ4v) is 6.19. The van der Waals surface area contributed by atoms with Gasteiger partial charge in [-0.15, -0.1) is 0 Å². The van der Waals surface area contributed by atoms with Gasteiger partial charge in [-0.05, 0) is 90.0 Å². The molecule has 0 saturated heterocycles. The summed E-state index contributed by atoms with van der Waals surface area (Å²) < 4.78 is 12.8. The Morgan fingerprint density at radius 3 is 2.52 bits per heavy atom. The van der Waals surface area contributed by atoms with E-state index >= 15 is 0 Å². The minimum Gasteiger partial charge on any atom is -0.490 e. The Labute approximate surface area is 252 Å². The SMILES string of the molecule is C[C@@H]1CCCCO[C@@H](CN(C)CC2CC2)[C@@H](C)CN([C@H](C)CO)C(=O)c2cc(NC(=O)NC3CCCCC3)ccc2O1. The molecule has 1 aromatic rings. The highest BCUT2D eigenvalue weighted by Gasteiger charge is 2.31. The number of carbonyl (C=O) groups excluding carboxylic acids is 2. The maximum atomic E-state index is 14.3. The van der Waals surface area contributed by atoms with Gasteiger partial charge in [0, 0.05) is 43.9 Å². The van der Waals surface area contributed by atoms with E-state index in [0.29, 0.717) is 30.2 Å². The third-order valence-corrected chi connectivity index (χ3v) is 9.01. The van der Waals surface area contributed by atoms with Gasteiger partial charge in [0.05, 0.1) is 30.4 Å². The van der Waals surface area contributed by atoms with Crippen molar-refractivity contribution in [3.8, 4) is 5.75 Å². The number of hydrogen-bond donors (Lipinski definition) is 3. The molecule has 2 aliphatic carbocycles. The van der Waals surface area contributed by atoms with Crippen molar-refractivity contribution in [1.29, 1.82) is 0 Å². The molecule has 4 atom stereocenters. The van der Waals surface area contributed by atoms with Crippen molar-refractivity contribution < 1.29 is 24.2 Å². The van der Waals surface area contributed by atoms with Crippen molar-refractivity contribution >= 4 is 17.6 Å². The Kier molecular flexibility index (Phi) is 12.3. The van der Waals surface area contributed by atoms with Gasteiger partial charge in [-0.25, -0.2) is 4.79 Å². The van der Waals surface area contributed by atoms with Crippen LogP contribution in [0, 0.1) is 11.8 Å². The van der Waals surface area contributed by atoms with E-state index in [1.807, 2.05) is 13.8 Å². The van der Waals surface area contributed by atoms with Crippen LogP contribution in [0.3, 0.4) is 0 Å². The predicted octanol–water partition coefficient (Wildman–Crippen LogP) is 5.28. The number of likely N-dealkylation sites (N-methyl/N-ethyl adjacent to an activating group) is 1. The number of amides is 3. The second kappa shape index (κ2) is 15.9. The largest absolute Gasteiger partial charge is 0.490 e. The van der Waals surface area contributed by atoms with Crippen LogP contribution in [0.25, 0.3) is 0 Å². The van der Waals surface area contributed by atoms with E-state index in [2.05, 4.69) is 29.5 Å². The van der Waals surface area contributed by atoms with Crippen molar-refractivity contribution in [2.45, 2.75) is 109 Å². The molecule has 0 spiro atoms. The number of urea groups is 1. The van der Waals surface area contributed by atoms with Crippen LogP contribution < -0.4 is 15.4 Å². The molecule has 0 aromatic heterocycles. The smallest absolute Gasteiger partial charge is 0.319 e. The van der Waals surface area contributed by atoms with Crippen molar-refractivity contribution in [2.24, 2.45) is 11.8 Å². The van der Waals surface area contributed by atoms with Crippen molar-refractivity contribution in [3.63, 3.8) is 0 Å². The number of carbonyl (C=O) groups is 2. The molecule has 3 aliphatic rings. The average molecular weight is 587 g/mol. The van der Waals surface area contributed by atoms with E-state index in [-0.39, 0.29) is 42.7 Å². The number of nitrogens with zero attached hydrogens (tertiary/aromatic N) is 2. The van der Waals surface area contributed by atoms with Gasteiger partial charge in [0.2, 0.25) is 0 Å². The van der Waals surface area contributed by atoms with E-state index < -0.39 is 6.04 Å². The van der Waals surface area contributed by atoms with E-state index in [4.69, 9.17) is 9.47 Å². The normalized spacial score (nSPS) is 25.7. The predicted molar refractivity (Wildman–Crippen MR) is 166 cm³/mol. The first-order valence-electron chi connectivity index (χ1n) is 16.3. The third-order valence-electron chi connectivity index (χ3n) is 9.01. The molecule has 2 fully saturated rings. The molecule has 3 N–H and O–H groups in total. The van der Waals surface area contributed by atoms with E-state index in [0.717, 1.165) is 64.0 Å². The Morgan fingerprint density at radius 2 is 1.81 bits per heavy atom. The van der Waals surface area contributed by atoms with Crippen LogP contribution in [-0.2, 0) is 4.74 Å². The van der Waals surface area contributed by atoms with Gasteiger partial charge in [0.15, 0.2) is 0 Å². The van der Waals surface area contributed by atoms with Gasteiger partial charge in [0.1, 0.15) is 5.75 Å². The maximum Gasteiger partial charge on any atom is 0.319 e. The molecular formula is C33H54N4O5. The summed E-state index contributed by atoms with van der Waals surface area (Å²) in [5.41, 5.74) is 0.936. The lowest BCUT2D eigenvalue weighted by molar-refractivity contribution is -0.0172. The number of rotatable bonds is 8. The van der Waals surface area contributed by atoms with Gasteiger partial charge in [-0.3, -0.25) is 4.79 Å². The van der Waals surface area contributed by atoms with E-state index in [1.54, 1.807) is 23.1 Å². The number of fused-ring (bicyclic) bond motifs is 1. The first-order valence-corrected chi connectivity index (χ1v) is 16.3. The average Bonchev–Trinajstić information content (AvgIpc) is 3.79. The Balaban J connectivity index is 1.56. The minimum atomic E-state index is -0.394. The number of aliphatic hydroxyl groups is 1. The highest BCUT2D eigenvalue weighted by molar-refractivity contribution is 5.99. The van der Waals surface area contributed by atoms with Gasteiger partial charge in [-0.2, -0.15) is 0 Å². The van der Waals surface area contributed by atoms with Crippen LogP contribution in [0.5, 0.6) is 5.75 Å².